The highest BCUT2D eigenvalue weighted by atomic mass is 32.2. The Balaban J connectivity index is 1.60. The average Bonchev–Trinajstić information content (AvgIpc) is 3.26. The molecule has 0 unspecified atom stereocenters. The van der Waals surface area contributed by atoms with E-state index in [0.29, 0.717) is 28.3 Å². The van der Waals surface area contributed by atoms with E-state index in [9.17, 15) is 13.2 Å². The summed E-state index contributed by atoms with van der Waals surface area (Å²) in [6.07, 6.45) is 1.43. The third kappa shape index (κ3) is 2.77. The molecule has 0 aliphatic carbocycles. The number of hydrogen-bond donors (Lipinski definition) is 1. The molecule has 1 aliphatic heterocycles. The predicted molar refractivity (Wildman–Crippen MR) is 99.3 cm³/mol. The monoisotopic (exact) mass is 385 g/mol. The van der Waals surface area contributed by atoms with Crippen LogP contribution in [-0.2, 0) is 10.2 Å². The molecule has 138 valence electrons. The number of carbonyl (C=O) groups excluding carboxylic acids is 1. The Bertz CT molecular complexity index is 1130. The van der Waals surface area contributed by atoms with Gasteiger partial charge in [-0.15, -0.1) is 5.10 Å². The number of hydrogen-bond acceptors (Lipinski definition) is 6. The fraction of sp³-hybridized carbons (Fsp3) is 0.125. The van der Waals surface area contributed by atoms with Gasteiger partial charge in [0.15, 0.2) is 0 Å². The number of rotatable bonds is 3. The highest BCUT2D eigenvalue weighted by Gasteiger charge is 2.35. The van der Waals surface area contributed by atoms with E-state index in [1.54, 1.807) is 42.5 Å². The standard InChI is InChI=1S/C16H15N7O3S/c1-21-14-7-6-12(9-15(14)22(2)27(21,25)26)18-16(24)11-4-3-5-13(8-11)23-10-17-19-20-23/h3-10H,1-2H3,(H,18,24). The summed E-state index contributed by atoms with van der Waals surface area (Å²) >= 11 is 0. The smallest absolute Gasteiger partial charge is 0.322 e. The predicted octanol–water partition coefficient (Wildman–Crippen LogP) is 1.05. The van der Waals surface area contributed by atoms with E-state index in [0.717, 1.165) is 0 Å². The molecule has 2 heterocycles. The molecule has 4 rings (SSSR count). The van der Waals surface area contributed by atoms with Crippen molar-refractivity contribution in [3.63, 3.8) is 0 Å². The van der Waals surface area contributed by atoms with Crippen LogP contribution in [0.3, 0.4) is 0 Å². The second kappa shape index (κ2) is 6.06. The summed E-state index contributed by atoms with van der Waals surface area (Å²) < 4.78 is 28.2. The second-order valence-electron chi connectivity index (χ2n) is 5.91. The van der Waals surface area contributed by atoms with Gasteiger partial charge in [-0.1, -0.05) is 6.07 Å². The van der Waals surface area contributed by atoms with Crippen molar-refractivity contribution in [1.29, 1.82) is 0 Å². The van der Waals surface area contributed by atoms with Crippen molar-refractivity contribution in [2.45, 2.75) is 0 Å². The Hall–Kier alpha value is -3.47. The van der Waals surface area contributed by atoms with E-state index < -0.39 is 10.2 Å². The fourth-order valence-electron chi connectivity index (χ4n) is 2.82. The molecular formula is C16H15N7O3S. The van der Waals surface area contributed by atoms with Crippen LogP contribution in [0.5, 0.6) is 0 Å². The third-order valence-corrected chi connectivity index (χ3v) is 6.10. The van der Waals surface area contributed by atoms with E-state index in [2.05, 4.69) is 20.8 Å². The van der Waals surface area contributed by atoms with Crippen LogP contribution >= 0.6 is 0 Å². The van der Waals surface area contributed by atoms with Crippen molar-refractivity contribution in [3.8, 4) is 5.69 Å². The summed E-state index contributed by atoms with van der Waals surface area (Å²) in [5.74, 6) is -0.332. The molecule has 0 bridgehead atoms. The van der Waals surface area contributed by atoms with Gasteiger partial charge in [0.1, 0.15) is 6.33 Å². The number of fused-ring (bicyclic) bond motifs is 1. The van der Waals surface area contributed by atoms with Crippen molar-refractivity contribution >= 4 is 33.2 Å². The lowest BCUT2D eigenvalue weighted by molar-refractivity contribution is 0.102. The van der Waals surface area contributed by atoms with Crippen LogP contribution in [0.25, 0.3) is 5.69 Å². The number of aromatic nitrogens is 4. The van der Waals surface area contributed by atoms with Crippen LogP contribution in [0.4, 0.5) is 17.1 Å². The Morgan fingerprint density at radius 2 is 1.81 bits per heavy atom. The lowest BCUT2D eigenvalue weighted by Crippen LogP contribution is -2.32. The summed E-state index contributed by atoms with van der Waals surface area (Å²) in [5.41, 5.74) is 2.61. The van der Waals surface area contributed by atoms with E-state index in [4.69, 9.17) is 0 Å². The van der Waals surface area contributed by atoms with Gasteiger partial charge in [0.05, 0.1) is 17.1 Å². The largest absolute Gasteiger partial charge is 0.326 e. The van der Waals surface area contributed by atoms with Gasteiger partial charge in [-0.05, 0) is 46.8 Å². The maximum absolute atomic E-state index is 12.6. The fourth-order valence-corrected chi connectivity index (χ4v) is 3.99. The molecule has 1 aliphatic rings. The van der Waals surface area contributed by atoms with Gasteiger partial charge in [0, 0.05) is 25.3 Å². The molecule has 0 saturated heterocycles. The quantitative estimate of drug-likeness (QED) is 0.721. The molecule has 0 fully saturated rings. The molecule has 1 aromatic heterocycles. The zero-order valence-electron chi connectivity index (χ0n) is 14.4. The zero-order valence-corrected chi connectivity index (χ0v) is 15.3. The summed E-state index contributed by atoms with van der Waals surface area (Å²) in [6.45, 7) is 0. The first kappa shape index (κ1) is 17.0. The van der Waals surface area contributed by atoms with Crippen molar-refractivity contribution in [2.24, 2.45) is 0 Å². The lowest BCUT2D eigenvalue weighted by atomic mass is 10.1. The van der Waals surface area contributed by atoms with Crippen molar-refractivity contribution < 1.29 is 13.2 Å². The van der Waals surface area contributed by atoms with Crippen LogP contribution in [0.2, 0.25) is 0 Å². The summed E-state index contributed by atoms with van der Waals surface area (Å²) in [4.78, 5) is 12.6. The number of nitrogens with one attached hydrogen (secondary N) is 1. The van der Waals surface area contributed by atoms with Crippen LogP contribution in [0.15, 0.2) is 48.8 Å². The molecule has 1 N–H and O–H groups in total. The molecule has 0 atom stereocenters. The molecule has 3 aromatic rings. The number of anilines is 3. The molecule has 10 nitrogen and oxygen atoms in total. The SMILES string of the molecule is CN1c2ccc(NC(=O)c3cccc(-n4cnnn4)c3)cc2N(C)S1(=O)=O. The molecule has 1 amide bonds. The van der Waals surface area contributed by atoms with Gasteiger partial charge >= 0.3 is 10.2 Å². The topological polar surface area (TPSA) is 113 Å². The first-order valence-electron chi connectivity index (χ1n) is 7.89. The van der Waals surface area contributed by atoms with Gasteiger partial charge < -0.3 is 5.32 Å². The molecule has 0 saturated carbocycles. The Morgan fingerprint density at radius 1 is 1.04 bits per heavy atom. The van der Waals surface area contributed by atoms with Crippen molar-refractivity contribution in [3.05, 3.63) is 54.4 Å². The molecule has 11 heteroatoms. The zero-order chi connectivity index (χ0) is 19.2. The van der Waals surface area contributed by atoms with Gasteiger partial charge in [-0.3, -0.25) is 13.4 Å². The molecule has 2 aromatic carbocycles. The summed E-state index contributed by atoms with van der Waals surface area (Å²) in [6, 6.07) is 11.8. The number of benzene rings is 2. The Labute approximate surface area is 155 Å². The van der Waals surface area contributed by atoms with E-state index in [-0.39, 0.29) is 5.91 Å². The number of carbonyl (C=O) groups is 1. The van der Waals surface area contributed by atoms with Crippen LogP contribution in [0, 0.1) is 0 Å². The average molecular weight is 385 g/mol. The Morgan fingerprint density at radius 3 is 2.56 bits per heavy atom. The molecule has 0 radical (unpaired) electrons. The maximum Gasteiger partial charge on any atom is 0.326 e. The molecular weight excluding hydrogens is 370 g/mol. The number of tetrazole rings is 1. The molecule has 27 heavy (non-hydrogen) atoms. The van der Waals surface area contributed by atoms with Gasteiger partial charge in [0.2, 0.25) is 0 Å². The minimum Gasteiger partial charge on any atom is -0.322 e. The van der Waals surface area contributed by atoms with E-state index in [1.807, 2.05) is 0 Å². The first-order chi connectivity index (χ1) is 12.9. The normalized spacial score (nSPS) is 14.9. The maximum atomic E-state index is 12.6. The third-order valence-electron chi connectivity index (χ3n) is 4.33. The summed E-state index contributed by atoms with van der Waals surface area (Å²) in [7, 11) is -0.601. The van der Waals surface area contributed by atoms with Crippen LogP contribution in [0.1, 0.15) is 10.4 Å². The number of nitrogens with zero attached hydrogens (tertiary/aromatic N) is 6. The van der Waals surface area contributed by atoms with Crippen LogP contribution in [-0.4, -0.2) is 48.6 Å². The van der Waals surface area contributed by atoms with Gasteiger partial charge in [-0.25, -0.2) is 4.68 Å². The number of amides is 1. The van der Waals surface area contributed by atoms with Crippen molar-refractivity contribution in [1.82, 2.24) is 20.2 Å². The second-order valence-corrected chi connectivity index (χ2v) is 7.90. The van der Waals surface area contributed by atoms with Crippen molar-refractivity contribution in [2.75, 3.05) is 28.0 Å². The summed E-state index contributed by atoms with van der Waals surface area (Å²) in [5, 5.41) is 13.7. The van der Waals surface area contributed by atoms with Crippen LogP contribution < -0.4 is 13.9 Å². The molecule has 0 spiro atoms. The van der Waals surface area contributed by atoms with Gasteiger partial charge in [0.25, 0.3) is 5.91 Å². The minimum atomic E-state index is -3.56. The first-order valence-corrected chi connectivity index (χ1v) is 9.29. The van der Waals surface area contributed by atoms with E-state index >= 15 is 0 Å². The lowest BCUT2D eigenvalue weighted by Gasteiger charge is -2.13. The minimum absolute atomic E-state index is 0.332. The van der Waals surface area contributed by atoms with Gasteiger partial charge in [-0.2, -0.15) is 8.42 Å². The Kier molecular flexibility index (Phi) is 3.81. The van der Waals surface area contributed by atoms with E-state index in [1.165, 1.54) is 33.7 Å². The highest BCUT2D eigenvalue weighted by Crippen LogP contribution is 2.40. The highest BCUT2D eigenvalue weighted by molar-refractivity contribution is 7.94.